The minimum atomic E-state index is -0.279. The van der Waals surface area contributed by atoms with Gasteiger partial charge in [-0.05, 0) is 12.1 Å². The second-order valence-corrected chi connectivity index (χ2v) is 3.81. The quantitative estimate of drug-likeness (QED) is 0.723. The van der Waals surface area contributed by atoms with Crippen molar-refractivity contribution >= 4 is 23.2 Å². The molecule has 88 valence electrons. The van der Waals surface area contributed by atoms with Crippen molar-refractivity contribution in [1.29, 1.82) is 0 Å². The van der Waals surface area contributed by atoms with Gasteiger partial charge in [0.15, 0.2) is 0 Å². The van der Waals surface area contributed by atoms with Crippen LogP contribution in [-0.4, -0.2) is 15.9 Å². The molecule has 0 radical (unpaired) electrons. The number of nitrogen functional groups attached to an aromatic ring is 1. The lowest BCUT2D eigenvalue weighted by Gasteiger charge is -2.06. The minimum Gasteiger partial charge on any atom is -0.398 e. The Bertz CT molecular complexity index is 524. The summed E-state index contributed by atoms with van der Waals surface area (Å²) in [5.74, 6) is 0.400. The molecular weight excluding hydrogens is 240 g/mol. The van der Waals surface area contributed by atoms with Crippen LogP contribution in [0.25, 0.3) is 0 Å². The molecule has 0 aliphatic rings. The number of nitrogens with two attached hydrogens (primary N) is 1. The van der Waals surface area contributed by atoms with E-state index in [9.17, 15) is 4.79 Å². The van der Waals surface area contributed by atoms with E-state index in [1.807, 2.05) is 0 Å². The molecule has 2 rings (SSSR count). The molecule has 0 fully saturated rings. The van der Waals surface area contributed by atoms with Gasteiger partial charge in [-0.2, -0.15) is 0 Å². The van der Waals surface area contributed by atoms with E-state index < -0.39 is 0 Å². The monoisotopic (exact) mass is 250 g/mol. The SMILES string of the molecule is Nc1cccc(C(=O)NCc2ncc[nH]2)c1Cl. The van der Waals surface area contributed by atoms with E-state index in [2.05, 4.69) is 15.3 Å². The molecule has 2 aromatic rings. The van der Waals surface area contributed by atoms with Crippen LogP contribution in [-0.2, 0) is 6.54 Å². The van der Waals surface area contributed by atoms with Crippen molar-refractivity contribution in [3.63, 3.8) is 0 Å². The van der Waals surface area contributed by atoms with Crippen LogP contribution >= 0.6 is 11.6 Å². The second-order valence-electron chi connectivity index (χ2n) is 3.43. The molecule has 0 aliphatic carbocycles. The number of carbonyl (C=O) groups excluding carboxylic acids is 1. The topological polar surface area (TPSA) is 83.8 Å². The van der Waals surface area contributed by atoms with E-state index in [-0.39, 0.29) is 10.9 Å². The van der Waals surface area contributed by atoms with Gasteiger partial charge in [-0.1, -0.05) is 17.7 Å². The molecule has 0 saturated heterocycles. The van der Waals surface area contributed by atoms with E-state index in [1.54, 1.807) is 30.6 Å². The van der Waals surface area contributed by atoms with E-state index in [1.165, 1.54) is 0 Å². The number of nitrogens with zero attached hydrogens (tertiary/aromatic N) is 1. The third-order valence-electron chi connectivity index (χ3n) is 2.24. The first-order chi connectivity index (χ1) is 8.18. The normalized spacial score (nSPS) is 10.2. The number of carbonyl (C=O) groups is 1. The Balaban J connectivity index is 2.07. The number of halogens is 1. The molecular formula is C11H11ClN4O. The maximum Gasteiger partial charge on any atom is 0.253 e. The average Bonchev–Trinajstić information content (AvgIpc) is 2.82. The predicted octanol–water partition coefficient (Wildman–Crippen LogP) is 1.58. The molecule has 0 aliphatic heterocycles. The largest absolute Gasteiger partial charge is 0.398 e. The summed E-state index contributed by atoms with van der Waals surface area (Å²) in [6, 6.07) is 4.95. The minimum absolute atomic E-state index is 0.268. The highest BCUT2D eigenvalue weighted by atomic mass is 35.5. The van der Waals surface area contributed by atoms with Crippen LogP contribution in [0, 0.1) is 0 Å². The Kier molecular flexibility index (Phi) is 3.30. The molecule has 1 aromatic heterocycles. The van der Waals surface area contributed by atoms with E-state index in [0.717, 1.165) is 0 Å². The summed E-state index contributed by atoms with van der Waals surface area (Å²) in [4.78, 5) is 18.7. The summed E-state index contributed by atoms with van der Waals surface area (Å²) in [7, 11) is 0. The number of imidazole rings is 1. The summed E-state index contributed by atoms with van der Waals surface area (Å²) in [6.07, 6.45) is 3.31. The van der Waals surface area contributed by atoms with Crippen molar-refractivity contribution in [2.45, 2.75) is 6.54 Å². The Morgan fingerprint density at radius 3 is 3.06 bits per heavy atom. The van der Waals surface area contributed by atoms with Crippen molar-refractivity contribution in [1.82, 2.24) is 15.3 Å². The highest BCUT2D eigenvalue weighted by Crippen LogP contribution is 2.22. The zero-order valence-electron chi connectivity index (χ0n) is 8.90. The van der Waals surface area contributed by atoms with E-state index in [0.29, 0.717) is 23.6 Å². The number of amides is 1. The molecule has 17 heavy (non-hydrogen) atoms. The van der Waals surface area contributed by atoms with Crippen LogP contribution in [0.15, 0.2) is 30.6 Å². The number of hydrogen-bond acceptors (Lipinski definition) is 3. The van der Waals surface area contributed by atoms with Gasteiger partial charge in [-0.3, -0.25) is 4.79 Å². The summed E-state index contributed by atoms with van der Waals surface area (Å²) in [5.41, 5.74) is 6.36. The smallest absolute Gasteiger partial charge is 0.253 e. The Morgan fingerprint density at radius 2 is 2.35 bits per heavy atom. The van der Waals surface area contributed by atoms with Gasteiger partial charge in [0, 0.05) is 12.4 Å². The van der Waals surface area contributed by atoms with Crippen LogP contribution < -0.4 is 11.1 Å². The van der Waals surface area contributed by atoms with Gasteiger partial charge < -0.3 is 16.0 Å². The third kappa shape index (κ3) is 2.57. The van der Waals surface area contributed by atoms with Gasteiger partial charge in [-0.25, -0.2) is 4.98 Å². The summed E-state index contributed by atoms with van der Waals surface area (Å²) in [6.45, 7) is 0.316. The van der Waals surface area contributed by atoms with Gasteiger partial charge in [0.05, 0.1) is 22.8 Å². The van der Waals surface area contributed by atoms with Crippen LogP contribution in [0.4, 0.5) is 5.69 Å². The van der Waals surface area contributed by atoms with Crippen molar-refractivity contribution in [3.8, 4) is 0 Å². The van der Waals surface area contributed by atoms with E-state index >= 15 is 0 Å². The lowest BCUT2D eigenvalue weighted by atomic mass is 10.2. The molecule has 1 amide bonds. The van der Waals surface area contributed by atoms with Gasteiger partial charge in [0.25, 0.3) is 5.91 Å². The second kappa shape index (κ2) is 4.88. The number of rotatable bonds is 3. The third-order valence-corrected chi connectivity index (χ3v) is 2.67. The number of H-pyrrole nitrogens is 1. The standard InChI is InChI=1S/C11H11ClN4O/c12-10-7(2-1-3-8(10)13)11(17)16-6-9-14-4-5-15-9/h1-5H,6,13H2,(H,14,15)(H,16,17). The number of anilines is 1. The Labute approximate surface area is 103 Å². The van der Waals surface area contributed by atoms with Crippen LogP contribution in [0.5, 0.6) is 0 Å². The zero-order chi connectivity index (χ0) is 12.3. The first kappa shape index (κ1) is 11.5. The predicted molar refractivity (Wildman–Crippen MR) is 65.6 cm³/mol. The van der Waals surface area contributed by atoms with E-state index in [4.69, 9.17) is 17.3 Å². The zero-order valence-corrected chi connectivity index (χ0v) is 9.66. The Hall–Kier alpha value is -2.01. The molecule has 0 atom stereocenters. The van der Waals surface area contributed by atoms with Gasteiger partial charge in [-0.15, -0.1) is 0 Å². The van der Waals surface area contributed by atoms with Crippen LogP contribution in [0.3, 0.4) is 0 Å². The maximum atomic E-state index is 11.8. The molecule has 4 N–H and O–H groups in total. The van der Waals surface area contributed by atoms with Gasteiger partial charge >= 0.3 is 0 Å². The fourth-order valence-corrected chi connectivity index (χ4v) is 1.59. The molecule has 5 nitrogen and oxygen atoms in total. The molecule has 0 unspecified atom stereocenters. The maximum absolute atomic E-state index is 11.8. The van der Waals surface area contributed by atoms with Crippen molar-refractivity contribution in [2.75, 3.05) is 5.73 Å². The molecule has 0 saturated carbocycles. The average molecular weight is 251 g/mol. The molecule has 6 heteroatoms. The van der Waals surface area contributed by atoms with Gasteiger partial charge in [0.1, 0.15) is 5.82 Å². The lowest BCUT2D eigenvalue weighted by molar-refractivity contribution is 0.0950. The highest BCUT2D eigenvalue weighted by Gasteiger charge is 2.11. The first-order valence-electron chi connectivity index (χ1n) is 4.99. The summed E-state index contributed by atoms with van der Waals surface area (Å²) < 4.78 is 0. The molecule has 1 heterocycles. The van der Waals surface area contributed by atoms with Gasteiger partial charge in [0.2, 0.25) is 0 Å². The fourth-order valence-electron chi connectivity index (χ4n) is 1.38. The molecule has 0 spiro atoms. The van der Waals surface area contributed by atoms with Crippen molar-refractivity contribution in [3.05, 3.63) is 47.0 Å². The number of aromatic nitrogens is 2. The summed E-state index contributed by atoms with van der Waals surface area (Å²) >= 11 is 5.94. The van der Waals surface area contributed by atoms with Crippen molar-refractivity contribution in [2.24, 2.45) is 0 Å². The number of hydrogen-bond donors (Lipinski definition) is 3. The number of aromatic amines is 1. The number of nitrogens with one attached hydrogen (secondary N) is 2. The van der Waals surface area contributed by atoms with Crippen LogP contribution in [0.2, 0.25) is 5.02 Å². The fraction of sp³-hybridized carbons (Fsp3) is 0.0909. The van der Waals surface area contributed by atoms with Crippen LogP contribution in [0.1, 0.15) is 16.2 Å². The van der Waals surface area contributed by atoms with Crippen molar-refractivity contribution < 1.29 is 4.79 Å². The summed E-state index contributed by atoms with van der Waals surface area (Å²) in [5, 5.41) is 2.96. The first-order valence-corrected chi connectivity index (χ1v) is 5.36. The Morgan fingerprint density at radius 1 is 1.53 bits per heavy atom. The highest BCUT2D eigenvalue weighted by molar-refractivity contribution is 6.36. The lowest BCUT2D eigenvalue weighted by Crippen LogP contribution is -2.23. The molecule has 0 bridgehead atoms. The molecule has 1 aromatic carbocycles. The number of benzene rings is 1.